The van der Waals surface area contributed by atoms with E-state index in [4.69, 9.17) is 5.11 Å². The van der Waals surface area contributed by atoms with Crippen LogP contribution in [0.25, 0.3) is 0 Å². The van der Waals surface area contributed by atoms with Crippen molar-refractivity contribution in [2.24, 2.45) is 5.41 Å². The molecule has 0 saturated carbocycles. The standard InChI is InChI=1S/C19H23N3O5/c1-18(2,16(25)26)9-10-20-14(23)11-22-15(24)19(21-17(22)27)8-7-12-5-3-4-6-13(12)19/h3-6H,7-11H2,1-2H3,(H,20,23)(H,21,27)(H,25,26). The Balaban J connectivity index is 1.64. The molecule has 8 nitrogen and oxygen atoms in total. The average Bonchev–Trinajstić information content (AvgIpc) is 3.09. The number of carboxylic acids is 1. The molecule has 4 amide bonds. The van der Waals surface area contributed by atoms with Gasteiger partial charge in [-0.3, -0.25) is 19.3 Å². The smallest absolute Gasteiger partial charge is 0.325 e. The van der Waals surface area contributed by atoms with Gasteiger partial charge in [-0.2, -0.15) is 0 Å². The highest BCUT2D eigenvalue weighted by Crippen LogP contribution is 2.41. The number of benzene rings is 1. The summed E-state index contributed by atoms with van der Waals surface area (Å²) in [5.41, 5.74) is -0.242. The molecule has 3 rings (SSSR count). The summed E-state index contributed by atoms with van der Waals surface area (Å²) < 4.78 is 0. The first-order valence-electron chi connectivity index (χ1n) is 8.90. The van der Waals surface area contributed by atoms with Crippen LogP contribution in [-0.2, 0) is 26.3 Å². The van der Waals surface area contributed by atoms with E-state index < -0.39 is 34.8 Å². The molecule has 1 aliphatic heterocycles. The monoisotopic (exact) mass is 373 g/mol. The number of carbonyl (C=O) groups excluding carboxylic acids is 3. The van der Waals surface area contributed by atoms with E-state index in [1.165, 1.54) is 0 Å². The van der Waals surface area contributed by atoms with Gasteiger partial charge in [-0.25, -0.2) is 4.79 Å². The Morgan fingerprint density at radius 2 is 2.00 bits per heavy atom. The zero-order valence-corrected chi connectivity index (χ0v) is 15.4. The molecule has 1 aromatic rings. The van der Waals surface area contributed by atoms with Gasteiger partial charge in [-0.1, -0.05) is 24.3 Å². The van der Waals surface area contributed by atoms with Gasteiger partial charge in [0.25, 0.3) is 5.91 Å². The molecule has 2 aliphatic rings. The van der Waals surface area contributed by atoms with Crippen molar-refractivity contribution < 1.29 is 24.3 Å². The number of amides is 4. The summed E-state index contributed by atoms with van der Waals surface area (Å²) in [6.07, 6.45) is 1.40. The molecule has 8 heteroatoms. The quantitative estimate of drug-likeness (QED) is 0.643. The fourth-order valence-electron chi connectivity index (χ4n) is 3.55. The van der Waals surface area contributed by atoms with E-state index >= 15 is 0 Å². The molecule has 144 valence electrons. The number of imide groups is 1. The van der Waals surface area contributed by atoms with Gasteiger partial charge in [-0.05, 0) is 44.2 Å². The molecule has 0 aromatic heterocycles. The van der Waals surface area contributed by atoms with Gasteiger partial charge in [0.05, 0.1) is 5.41 Å². The minimum Gasteiger partial charge on any atom is -0.481 e. The molecule has 3 N–H and O–H groups in total. The first-order valence-corrected chi connectivity index (χ1v) is 8.90. The summed E-state index contributed by atoms with van der Waals surface area (Å²) in [4.78, 5) is 49.5. The lowest BCUT2D eigenvalue weighted by atomic mass is 9.90. The maximum atomic E-state index is 12.9. The summed E-state index contributed by atoms with van der Waals surface area (Å²) in [6, 6.07) is 6.90. The minimum atomic E-state index is -1.08. The van der Waals surface area contributed by atoms with Gasteiger partial charge in [0.2, 0.25) is 5.91 Å². The lowest BCUT2D eigenvalue weighted by Crippen LogP contribution is -2.44. The van der Waals surface area contributed by atoms with Crippen LogP contribution in [0, 0.1) is 5.41 Å². The number of carbonyl (C=O) groups is 4. The molecular weight excluding hydrogens is 350 g/mol. The number of hydrogen-bond donors (Lipinski definition) is 3. The number of urea groups is 1. The van der Waals surface area contributed by atoms with Gasteiger partial charge in [0.15, 0.2) is 0 Å². The second-order valence-corrected chi connectivity index (χ2v) is 7.67. The van der Waals surface area contributed by atoms with Gasteiger partial charge < -0.3 is 15.7 Å². The normalized spacial score (nSPS) is 21.3. The largest absolute Gasteiger partial charge is 0.481 e. The van der Waals surface area contributed by atoms with Crippen LogP contribution in [0.15, 0.2) is 24.3 Å². The zero-order valence-electron chi connectivity index (χ0n) is 15.4. The van der Waals surface area contributed by atoms with Crippen molar-refractivity contribution in [2.45, 2.75) is 38.6 Å². The van der Waals surface area contributed by atoms with Crippen LogP contribution in [-0.4, -0.2) is 46.9 Å². The number of rotatable bonds is 6. The molecule has 1 spiro atoms. The van der Waals surface area contributed by atoms with E-state index in [1.54, 1.807) is 13.8 Å². The predicted octanol–water partition coefficient (Wildman–Crippen LogP) is 0.997. The van der Waals surface area contributed by atoms with E-state index in [-0.39, 0.29) is 19.5 Å². The van der Waals surface area contributed by atoms with Crippen LogP contribution in [0.1, 0.15) is 37.8 Å². The second-order valence-electron chi connectivity index (χ2n) is 7.67. The highest BCUT2D eigenvalue weighted by Gasteiger charge is 2.55. The Morgan fingerprint density at radius 1 is 1.30 bits per heavy atom. The van der Waals surface area contributed by atoms with Crippen molar-refractivity contribution in [1.82, 2.24) is 15.5 Å². The van der Waals surface area contributed by atoms with Gasteiger partial charge in [0.1, 0.15) is 12.1 Å². The number of aliphatic carboxylic acids is 1. The van der Waals surface area contributed by atoms with Crippen molar-refractivity contribution in [3.05, 3.63) is 35.4 Å². The van der Waals surface area contributed by atoms with Crippen molar-refractivity contribution >= 4 is 23.8 Å². The topological polar surface area (TPSA) is 116 Å². The number of nitrogens with zero attached hydrogens (tertiary/aromatic N) is 1. The maximum absolute atomic E-state index is 12.9. The number of fused-ring (bicyclic) bond motifs is 2. The number of nitrogens with one attached hydrogen (secondary N) is 2. The molecular formula is C19H23N3O5. The Kier molecular flexibility index (Phi) is 4.67. The third-order valence-corrected chi connectivity index (χ3v) is 5.38. The SMILES string of the molecule is CC(C)(CCNC(=O)CN1C(=O)NC2(CCc3ccccc32)C1=O)C(=O)O. The third kappa shape index (κ3) is 3.27. The van der Waals surface area contributed by atoms with Crippen molar-refractivity contribution in [3.8, 4) is 0 Å². The van der Waals surface area contributed by atoms with E-state index in [0.717, 1.165) is 16.0 Å². The lowest BCUT2D eigenvalue weighted by molar-refractivity contribution is -0.147. The number of hydrogen-bond acceptors (Lipinski definition) is 4. The first kappa shape index (κ1) is 18.9. The van der Waals surface area contributed by atoms with Gasteiger partial charge in [0, 0.05) is 6.54 Å². The summed E-state index contributed by atoms with van der Waals surface area (Å²) in [6.45, 7) is 2.90. The van der Waals surface area contributed by atoms with Crippen LogP contribution in [0.4, 0.5) is 4.79 Å². The van der Waals surface area contributed by atoms with Crippen molar-refractivity contribution in [1.29, 1.82) is 0 Å². The van der Waals surface area contributed by atoms with Crippen LogP contribution in [0.3, 0.4) is 0 Å². The Hall–Kier alpha value is -2.90. The fourth-order valence-corrected chi connectivity index (χ4v) is 3.55. The lowest BCUT2D eigenvalue weighted by Gasteiger charge is -2.22. The number of aryl methyl sites for hydroxylation is 1. The molecule has 1 aliphatic carbocycles. The summed E-state index contributed by atoms with van der Waals surface area (Å²) in [7, 11) is 0. The summed E-state index contributed by atoms with van der Waals surface area (Å²) in [5.74, 6) is -1.87. The fraction of sp³-hybridized carbons (Fsp3) is 0.474. The van der Waals surface area contributed by atoms with Gasteiger partial charge in [-0.15, -0.1) is 0 Å². The summed E-state index contributed by atoms with van der Waals surface area (Å²) >= 11 is 0. The molecule has 0 radical (unpaired) electrons. The average molecular weight is 373 g/mol. The van der Waals surface area contributed by atoms with Crippen LogP contribution in [0.5, 0.6) is 0 Å². The van der Waals surface area contributed by atoms with Crippen molar-refractivity contribution in [2.75, 3.05) is 13.1 Å². The molecule has 0 bridgehead atoms. The second kappa shape index (κ2) is 6.68. The van der Waals surface area contributed by atoms with E-state index in [2.05, 4.69) is 10.6 Å². The molecule has 1 unspecified atom stereocenters. The molecule has 27 heavy (non-hydrogen) atoms. The molecule has 1 aromatic carbocycles. The zero-order chi connectivity index (χ0) is 19.8. The van der Waals surface area contributed by atoms with Crippen LogP contribution in [0.2, 0.25) is 0 Å². The summed E-state index contributed by atoms with van der Waals surface area (Å²) in [5, 5.41) is 14.4. The minimum absolute atomic E-state index is 0.149. The molecule has 1 saturated heterocycles. The number of carboxylic acid groups (broad SMARTS) is 1. The Labute approximate surface area is 156 Å². The van der Waals surface area contributed by atoms with Gasteiger partial charge >= 0.3 is 12.0 Å². The Morgan fingerprint density at radius 3 is 2.70 bits per heavy atom. The van der Waals surface area contributed by atoms with E-state index in [1.807, 2.05) is 24.3 Å². The first-order chi connectivity index (χ1) is 12.7. The van der Waals surface area contributed by atoms with E-state index in [9.17, 15) is 19.2 Å². The Bertz CT molecular complexity index is 819. The van der Waals surface area contributed by atoms with E-state index in [0.29, 0.717) is 12.8 Å². The van der Waals surface area contributed by atoms with Crippen molar-refractivity contribution in [3.63, 3.8) is 0 Å². The van der Waals surface area contributed by atoms with Crippen LogP contribution >= 0.6 is 0 Å². The molecule has 1 atom stereocenters. The predicted molar refractivity (Wildman–Crippen MR) is 95.7 cm³/mol. The van der Waals surface area contributed by atoms with Crippen LogP contribution < -0.4 is 10.6 Å². The maximum Gasteiger partial charge on any atom is 0.325 e. The third-order valence-electron chi connectivity index (χ3n) is 5.38. The molecule has 1 heterocycles. The highest BCUT2D eigenvalue weighted by molar-refractivity contribution is 6.09. The molecule has 1 fully saturated rings. The highest BCUT2D eigenvalue weighted by atomic mass is 16.4.